The summed E-state index contributed by atoms with van der Waals surface area (Å²) in [6.07, 6.45) is 1.77. The van der Waals surface area contributed by atoms with Crippen LogP contribution in [0.1, 0.15) is 15.2 Å². The third-order valence-corrected chi connectivity index (χ3v) is 6.48. The van der Waals surface area contributed by atoms with Crippen LogP contribution in [0.3, 0.4) is 0 Å². The van der Waals surface area contributed by atoms with E-state index in [1.54, 1.807) is 22.3 Å². The van der Waals surface area contributed by atoms with Gasteiger partial charge in [-0.3, -0.25) is 4.79 Å². The number of para-hydroxylation sites is 1. The second-order valence-corrected chi connectivity index (χ2v) is 7.86. The average Bonchev–Trinajstić information content (AvgIpc) is 3.11. The number of amides is 1. The molecule has 124 valence electrons. The molecule has 0 unspecified atom stereocenters. The van der Waals surface area contributed by atoms with E-state index >= 15 is 0 Å². The number of benzene rings is 2. The summed E-state index contributed by atoms with van der Waals surface area (Å²) in [6.45, 7) is 4.30. The molecule has 4 heteroatoms. The maximum Gasteiger partial charge on any atom is 0.268 e. The second kappa shape index (κ2) is 6.90. The summed E-state index contributed by atoms with van der Waals surface area (Å²) in [7, 11) is 0. The molecule has 1 aliphatic heterocycles. The molecular formula is C21H17NOS2. The lowest BCUT2D eigenvalue weighted by Gasteiger charge is -2.20. The molecule has 0 spiro atoms. The number of carbonyl (C=O) groups excluding carboxylic acids is 1. The van der Waals surface area contributed by atoms with E-state index in [2.05, 4.69) is 36.9 Å². The van der Waals surface area contributed by atoms with Gasteiger partial charge in [0, 0.05) is 33.3 Å². The molecule has 3 aromatic rings. The van der Waals surface area contributed by atoms with Crippen LogP contribution in [-0.2, 0) is 5.75 Å². The van der Waals surface area contributed by atoms with Gasteiger partial charge in [0.1, 0.15) is 0 Å². The predicted molar refractivity (Wildman–Crippen MR) is 108 cm³/mol. The van der Waals surface area contributed by atoms with Crippen molar-refractivity contribution in [2.45, 2.75) is 10.6 Å². The van der Waals surface area contributed by atoms with Crippen molar-refractivity contribution >= 4 is 34.7 Å². The van der Waals surface area contributed by atoms with Crippen molar-refractivity contribution in [1.82, 2.24) is 0 Å². The number of thioether (sulfide) groups is 1. The molecule has 0 saturated heterocycles. The minimum absolute atomic E-state index is 0.0352. The van der Waals surface area contributed by atoms with Crippen molar-refractivity contribution in [3.63, 3.8) is 0 Å². The fourth-order valence-corrected chi connectivity index (χ4v) is 5.34. The fourth-order valence-electron chi connectivity index (χ4n) is 2.98. The van der Waals surface area contributed by atoms with E-state index in [-0.39, 0.29) is 5.91 Å². The highest BCUT2D eigenvalue weighted by molar-refractivity contribution is 7.98. The summed E-state index contributed by atoms with van der Waals surface area (Å²) in [5.41, 5.74) is 3.39. The largest absolute Gasteiger partial charge is 0.304 e. The first-order valence-corrected chi connectivity index (χ1v) is 9.91. The van der Waals surface area contributed by atoms with E-state index in [0.29, 0.717) is 6.54 Å². The van der Waals surface area contributed by atoms with Gasteiger partial charge in [0.15, 0.2) is 0 Å². The Hall–Kier alpha value is -2.30. The van der Waals surface area contributed by atoms with Crippen LogP contribution in [0, 0.1) is 0 Å². The van der Waals surface area contributed by atoms with Gasteiger partial charge < -0.3 is 4.90 Å². The molecule has 0 saturated carbocycles. The van der Waals surface area contributed by atoms with E-state index < -0.39 is 0 Å². The van der Waals surface area contributed by atoms with E-state index in [1.807, 2.05) is 42.1 Å². The zero-order valence-electron chi connectivity index (χ0n) is 13.6. The molecule has 1 aliphatic rings. The Morgan fingerprint density at radius 3 is 2.68 bits per heavy atom. The average molecular weight is 364 g/mol. The number of nitrogens with zero attached hydrogens (tertiary/aromatic N) is 1. The maximum absolute atomic E-state index is 13.1. The third-order valence-electron chi connectivity index (χ3n) is 4.16. The first-order chi connectivity index (χ1) is 12.3. The quantitative estimate of drug-likeness (QED) is 0.542. The summed E-state index contributed by atoms with van der Waals surface area (Å²) < 4.78 is 0. The normalized spacial score (nSPS) is 12.2. The molecule has 4 rings (SSSR count). The van der Waals surface area contributed by atoms with Gasteiger partial charge in [-0.1, -0.05) is 42.5 Å². The van der Waals surface area contributed by atoms with Crippen LogP contribution in [0.25, 0.3) is 10.4 Å². The summed E-state index contributed by atoms with van der Waals surface area (Å²) in [5, 5.41) is 0. The van der Waals surface area contributed by atoms with Crippen LogP contribution in [0.5, 0.6) is 0 Å². The Morgan fingerprint density at radius 2 is 1.88 bits per heavy atom. The third kappa shape index (κ3) is 3.03. The molecule has 1 aromatic heterocycles. The van der Waals surface area contributed by atoms with E-state index in [1.165, 1.54) is 20.9 Å². The minimum atomic E-state index is 0.0352. The zero-order chi connectivity index (χ0) is 17.2. The molecule has 0 N–H and O–H groups in total. The molecule has 0 fully saturated rings. The Kier molecular flexibility index (Phi) is 4.47. The van der Waals surface area contributed by atoms with Crippen LogP contribution in [0.2, 0.25) is 0 Å². The molecule has 0 aliphatic carbocycles. The molecule has 0 radical (unpaired) electrons. The van der Waals surface area contributed by atoms with E-state index in [0.717, 1.165) is 16.3 Å². The summed E-state index contributed by atoms with van der Waals surface area (Å²) in [4.78, 5) is 18.2. The first kappa shape index (κ1) is 16.2. The van der Waals surface area contributed by atoms with Crippen molar-refractivity contribution in [2.24, 2.45) is 0 Å². The Balaban J connectivity index is 1.72. The zero-order valence-corrected chi connectivity index (χ0v) is 15.3. The highest BCUT2D eigenvalue weighted by Gasteiger charge is 2.24. The smallest absolute Gasteiger partial charge is 0.268 e. The van der Waals surface area contributed by atoms with E-state index in [9.17, 15) is 4.79 Å². The lowest BCUT2D eigenvalue weighted by atomic mass is 10.1. The second-order valence-electron chi connectivity index (χ2n) is 5.79. The topological polar surface area (TPSA) is 20.3 Å². The molecule has 2 heterocycles. The van der Waals surface area contributed by atoms with Crippen molar-refractivity contribution in [3.8, 4) is 10.4 Å². The van der Waals surface area contributed by atoms with Crippen molar-refractivity contribution < 1.29 is 4.79 Å². The summed E-state index contributed by atoms with van der Waals surface area (Å²) in [5.74, 6) is 0.955. The molecule has 2 nitrogen and oxygen atoms in total. The van der Waals surface area contributed by atoms with Gasteiger partial charge in [-0.25, -0.2) is 0 Å². The molecule has 2 aromatic carbocycles. The van der Waals surface area contributed by atoms with Gasteiger partial charge in [-0.15, -0.1) is 29.7 Å². The Bertz CT molecular complexity index is 930. The lowest BCUT2D eigenvalue weighted by Crippen LogP contribution is -2.30. The van der Waals surface area contributed by atoms with Crippen molar-refractivity contribution in [1.29, 1.82) is 0 Å². The molecule has 0 atom stereocenters. The number of fused-ring (bicyclic) bond motifs is 3. The monoisotopic (exact) mass is 363 g/mol. The molecule has 0 bridgehead atoms. The SMILES string of the molecule is C=CCN(C(=O)c1cc2c(s1)-c1ccccc1SC2)c1ccccc1. The van der Waals surface area contributed by atoms with Crippen LogP contribution in [0.15, 0.2) is 78.2 Å². The molecule has 25 heavy (non-hydrogen) atoms. The van der Waals surface area contributed by atoms with Crippen LogP contribution >= 0.6 is 23.1 Å². The number of hydrogen-bond acceptors (Lipinski definition) is 3. The van der Waals surface area contributed by atoms with Crippen LogP contribution in [-0.4, -0.2) is 12.5 Å². The number of rotatable bonds is 4. The first-order valence-electron chi connectivity index (χ1n) is 8.10. The van der Waals surface area contributed by atoms with Gasteiger partial charge in [0.25, 0.3) is 5.91 Å². The number of thiophene rings is 1. The van der Waals surface area contributed by atoms with Crippen LogP contribution < -0.4 is 4.90 Å². The number of hydrogen-bond donors (Lipinski definition) is 0. The predicted octanol–water partition coefficient (Wildman–Crippen LogP) is 5.85. The fraction of sp³-hybridized carbons (Fsp3) is 0.0952. The highest BCUT2D eigenvalue weighted by Crippen LogP contribution is 2.45. The Morgan fingerprint density at radius 1 is 1.12 bits per heavy atom. The van der Waals surface area contributed by atoms with Gasteiger partial charge in [0.2, 0.25) is 0 Å². The standard InChI is InChI=1S/C21H17NOS2/c1-2-12-22(16-8-4-3-5-9-16)21(23)19-13-15-14-24-18-11-7-6-10-17(18)20(15)25-19/h2-11,13H,1,12,14H2. The van der Waals surface area contributed by atoms with Gasteiger partial charge in [-0.05, 0) is 29.8 Å². The number of carbonyl (C=O) groups is 1. The maximum atomic E-state index is 13.1. The van der Waals surface area contributed by atoms with Gasteiger partial charge >= 0.3 is 0 Å². The summed E-state index contributed by atoms with van der Waals surface area (Å²) >= 11 is 3.43. The molecular weight excluding hydrogens is 346 g/mol. The van der Waals surface area contributed by atoms with Crippen LogP contribution in [0.4, 0.5) is 5.69 Å². The van der Waals surface area contributed by atoms with Gasteiger partial charge in [0.05, 0.1) is 4.88 Å². The summed E-state index contributed by atoms with van der Waals surface area (Å²) in [6, 6.07) is 20.3. The Labute approximate surface area is 155 Å². The highest BCUT2D eigenvalue weighted by atomic mass is 32.2. The molecule has 1 amide bonds. The van der Waals surface area contributed by atoms with Gasteiger partial charge in [-0.2, -0.15) is 0 Å². The minimum Gasteiger partial charge on any atom is -0.304 e. The van der Waals surface area contributed by atoms with Crippen molar-refractivity contribution in [2.75, 3.05) is 11.4 Å². The van der Waals surface area contributed by atoms with E-state index in [4.69, 9.17) is 0 Å². The number of anilines is 1. The lowest BCUT2D eigenvalue weighted by molar-refractivity contribution is 0.0993. The van der Waals surface area contributed by atoms with Crippen molar-refractivity contribution in [3.05, 3.63) is 83.8 Å².